The summed E-state index contributed by atoms with van der Waals surface area (Å²) < 4.78 is 1.85. The van der Waals surface area contributed by atoms with Crippen molar-refractivity contribution in [3.8, 4) is 6.07 Å². The molecule has 120 valence electrons. The van der Waals surface area contributed by atoms with E-state index in [1.165, 1.54) is 11.3 Å². The van der Waals surface area contributed by atoms with Gasteiger partial charge in [0.15, 0.2) is 0 Å². The second-order valence-corrected chi connectivity index (χ2v) is 6.60. The Labute approximate surface area is 138 Å². The lowest BCUT2D eigenvalue weighted by Gasteiger charge is -2.32. The Morgan fingerprint density at radius 1 is 1.57 bits per heavy atom. The number of nitrogens with one attached hydrogen (secondary N) is 1. The maximum absolute atomic E-state index is 12.2. The predicted molar refractivity (Wildman–Crippen MR) is 86.8 cm³/mol. The molecular weight excluding hydrogens is 312 g/mol. The summed E-state index contributed by atoms with van der Waals surface area (Å²) in [6.07, 6.45) is 5.49. The molecule has 0 bridgehead atoms. The number of rotatable bonds is 5. The van der Waals surface area contributed by atoms with Crippen molar-refractivity contribution in [2.45, 2.75) is 19.4 Å². The second-order valence-electron chi connectivity index (χ2n) is 5.68. The van der Waals surface area contributed by atoms with Crippen LogP contribution >= 0.6 is 11.3 Å². The minimum atomic E-state index is -0.0645. The van der Waals surface area contributed by atoms with E-state index in [0.29, 0.717) is 23.0 Å². The molecule has 3 rings (SSSR count). The minimum Gasteiger partial charge on any atom is -0.315 e. The first-order chi connectivity index (χ1) is 11.2. The van der Waals surface area contributed by atoms with Gasteiger partial charge < -0.3 is 5.32 Å². The van der Waals surface area contributed by atoms with Gasteiger partial charge in [-0.15, -0.1) is 11.3 Å². The van der Waals surface area contributed by atoms with Gasteiger partial charge in [-0.3, -0.25) is 14.4 Å². The number of amides is 1. The van der Waals surface area contributed by atoms with Crippen molar-refractivity contribution in [3.63, 3.8) is 0 Å². The first kappa shape index (κ1) is 15.6. The molecule has 1 amide bonds. The van der Waals surface area contributed by atoms with Crippen molar-refractivity contribution in [1.29, 1.82) is 5.26 Å². The van der Waals surface area contributed by atoms with Crippen molar-refractivity contribution >= 4 is 22.2 Å². The van der Waals surface area contributed by atoms with Gasteiger partial charge in [0, 0.05) is 13.1 Å². The molecule has 0 radical (unpaired) electrons. The summed E-state index contributed by atoms with van der Waals surface area (Å²) in [4.78, 5) is 18.3. The van der Waals surface area contributed by atoms with E-state index >= 15 is 0 Å². The molecule has 23 heavy (non-hydrogen) atoms. The quantitative estimate of drug-likeness (QED) is 0.899. The molecule has 1 fully saturated rings. The second kappa shape index (κ2) is 7.35. The van der Waals surface area contributed by atoms with Crippen molar-refractivity contribution in [2.75, 3.05) is 25.0 Å². The van der Waals surface area contributed by atoms with Crippen LogP contribution < -0.4 is 5.32 Å². The highest BCUT2D eigenvalue weighted by Crippen LogP contribution is 2.22. The van der Waals surface area contributed by atoms with Gasteiger partial charge in [-0.2, -0.15) is 10.4 Å². The van der Waals surface area contributed by atoms with E-state index in [4.69, 9.17) is 5.26 Å². The number of thiophene rings is 1. The van der Waals surface area contributed by atoms with E-state index in [-0.39, 0.29) is 5.91 Å². The van der Waals surface area contributed by atoms with Crippen LogP contribution in [0.3, 0.4) is 0 Å². The Kier molecular flexibility index (Phi) is 5.00. The molecule has 2 aromatic heterocycles. The largest absolute Gasteiger partial charge is 0.315 e. The summed E-state index contributed by atoms with van der Waals surface area (Å²) in [5.74, 6) is 0.417. The molecule has 0 spiro atoms. The highest BCUT2D eigenvalue weighted by atomic mass is 32.1. The zero-order valence-electron chi connectivity index (χ0n) is 12.7. The molecule has 1 atom stereocenters. The van der Waals surface area contributed by atoms with Crippen molar-refractivity contribution in [1.82, 2.24) is 19.7 Å². The van der Waals surface area contributed by atoms with Crippen LogP contribution in [0.2, 0.25) is 0 Å². The van der Waals surface area contributed by atoms with Gasteiger partial charge in [-0.25, -0.2) is 4.98 Å². The number of carbonyl (C=O) groups excluding carboxylic acids is 1. The number of nitriles is 1. The van der Waals surface area contributed by atoms with Crippen LogP contribution in [0.1, 0.15) is 18.4 Å². The predicted octanol–water partition coefficient (Wildman–Crippen LogP) is 1.56. The van der Waals surface area contributed by atoms with Crippen molar-refractivity contribution in [3.05, 3.63) is 29.7 Å². The lowest BCUT2D eigenvalue weighted by Crippen LogP contribution is -2.41. The SMILES string of the molecule is N#Cc1ccsc1NC(=O)CN1CCC[C@H](Cn2cncn2)C1. The molecule has 1 N–H and O–H groups in total. The van der Waals surface area contributed by atoms with Gasteiger partial charge in [0.2, 0.25) is 5.91 Å². The third-order valence-electron chi connectivity index (χ3n) is 3.92. The van der Waals surface area contributed by atoms with Gasteiger partial charge in [0.25, 0.3) is 0 Å². The first-order valence-corrected chi connectivity index (χ1v) is 8.45. The molecule has 0 aliphatic carbocycles. The van der Waals surface area contributed by atoms with E-state index in [9.17, 15) is 4.79 Å². The Morgan fingerprint density at radius 3 is 3.26 bits per heavy atom. The molecule has 1 aliphatic heterocycles. The zero-order chi connectivity index (χ0) is 16.1. The number of hydrogen-bond acceptors (Lipinski definition) is 6. The summed E-state index contributed by atoms with van der Waals surface area (Å²) in [6, 6.07) is 3.80. The Bertz CT molecular complexity index is 689. The van der Waals surface area contributed by atoms with Crippen LogP contribution in [0.5, 0.6) is 0 Å². The van der Waals surface area contributed by atoms with Crippen LogP contribution in [-0.2, 0) is 11.3 Å². The molecule has 0 saturated carbocycles. The number of aromatic nitrogens is 3. The smallest absolute Gasteiger partial charge is 0.239 e. The number of anilines is 1. The van der Waals surface area contributed by atoms with Crippen LogP contribution in [0, 0.1) is 17.2 Å². The van der Waals surface area contributed by atoms with Crippen LogP contribution in [0.4, 0.5) is 5.00 Å². The fourth-order valence-corrected chi connectivity index (χ4v) is 3.65. The van der Waals surface area contributed by atoms with Crippen LogP contribution in [0.25, 0.3) is 0 Å². The Hall–Kier alpha value is -2.24. The van der Waals surface area contributed by atoms with Crippen LogP contribution in [0.15, 0.2) is 24.1 Å². The zero-order valence-corrected chi connectivity index (χ0v) is 13.5. The van der Waals surface area contributed by atoms with E-state index in [2.05, 4.69) is 26.4 Å². The Balaban J connectivity index is 1.51. The highest BCUT2D eigenvalue weighted by molar-refractivity contribution is 7.14. The monoisotopic (exact) mass is 330 g/mol. The average molecular weight is 330 g/mol. The number of likely N-dealkylation sites (tertiary alicyclic amines) is 1. The third kappa shape index (κ3) is 4.15. The van der Waals surface area contributed by atoms with Crippen LogP contribution in [-0.4, -0.2) is 45.2 Å². The molecule has 3 heterocycles. The lowest BCUT2D eigenvalue weighted by molar-refractivity contribution is -0.117. The Morgan fingerprint density at radius 2 is 2.48 bits per heavy atom. The molecule has 1 aliphatic rings. The maximum atomic E-state index is 12.2. The van der Waals surface area contributed by atoms with Gasteiger partial charge in [0.1, 0.15) is 23.7 Å². The molecule has 0 unspecified atom stereocenters. The topological polar surface area (TPSA) is 86.8 Å². The van der Waals surface area contributed by atoms with E-state index < -0.39 is 0 Å². The summed E-state index contributed by atoms with van der Waals surface area (Å²) in [7, 11) is 0. The molecule has 7 nitrogen and oxygen atoms in total. The van der Waals surface area contributed by atoms with Crippen molar-refractivity contribution in [2.24, 2.45) is 5.92 Å². The average Bonchev–Trinajstić information content (AvgIpc) is 3.19. The standard InChI is InChI=1S/C15H18N6OS/c16-6-13-3-5-23-15(13)19-14(22)9-20-4-1-2-12(7-20)8-21-11-17-10-18-21/h3,5,10-12H,1-2,4,7-9H2,(H,19,22)/t12-/m0/s1. The first-order valence-electron chi connectivity index (χ1n) is 7.57. The summed E-state index contributed by atoms with van der Waals surface area (Å²) in [6.45, 7) is 3.00. The molecule has 1 saturated heterocycles. The van der Waals surface area contributed by atoms with Gasteiger partial charge in [-0.1, -0.05) is 0 Å². The van der Waals surface area contributed by atoms with E-state index in [1.54, 1.807) is 18.7 Å². The normalized spacial score (nSPS) is 18.5. The number of piperidine rings is 1. The third-order valence-corrected chi connectivity index (χ3v) is 4.75. The summed E-state index contributed by atoms with van der Waals surface area (Å²) in [5, 5.41) is 18.4. The van der Waals surface area contributed by atoms with E-state index in [1.807, 2.05) is 10.1 Å². The fraction of sp³-hybridized carbons (Fsp3) is 0.467. The number of carbonyl (C=O) groups is 1. The molecular formula is C15H18N6OS. The molecule has 8 heteroatoms. The maximum Gasteiger partial charge on any atom is 0.239 e. The fourth-order valence-electron chi connectivity index (χ4n) is 2.90. The lowest BCUT2D eigenvalue weighted by atomic mass is 9.98. The van der Waals surface area contributed by atoms with E-state index in [0.717, 1.165) is 32.5 Å². The number of hydrogen-bond donors (Lipinski definition) is 1. The molecule has 2 aromatic rings. The summed E-state index contributed by atoms with van der Waals surface area (Å²) in [5.41, 5.74) is 0.519. The molecule has 0 aromatic carbocycles. The van der Waals surface area contributed by atoms with Gasteiger partial charge >= 0.3 is 0 Å². The highest BCUT2D eigenvalue weighted by Gasteiger charge is 2.22. The minimum absolute atomic E-state index is 0.0645. The number of nitrogens with zero attached hydrogens (tertiary/aromatic N) is 5. The van der Waals surface area contributed by atoms with Crippen molar-refractivity contribution < 1.29 is 4.79 Å². The van der Waals surface area contributed by atoms with Gasteiger partial charge in [0.05, 0.1) is 12.1 Å². The summed E-state index contributed by atoms with van der Waals surface area (Å²) >= 11 is 1.38. The van der Waals surface area contributed by atoms with Gasteiger partial charge in [-0.05, 0) is 36.8 Å².